The number of nitrogens with one attached hydrogen (secondary N) is 1. The molecular formula is C16H27ClN4. The van der Waals surface area contributed by atoms with Crippen LogP contribution in [0.25, 0.3) is 0 Å². The Bertz CT molecular complexity index is 426. The topological polar surface area (TPSA) is 31.4 Å². The van der Waals surface area contributed by atoms with E-state index in [9.17, 15) is 0 Å². The highest BCUT2D eigenvalue weighted by molar-refractivity contribution is 5.85. The lowest BCUT2D eigenvalue weighted by Gasteiger charge is -2.38. The normalized spacial score (nSPS) is 21.1. The number of hydrogen-bond acceptors (Lipinski definition) is 4. The van der Waals surface area contributed by atoms with Gasteiger partial charge in [-0.2, -0.15) is 0 Å². The molecule has 3 rings (SSSR count). The summed E-state index contributed by atoms with van der Waals surface area (Å²) >= 11 is 0. The summed E-state index contributed by atoms with van der Waals surface area (Å²) in [5.74, 6) is 0.905. The van der Waals surface area contributed by atoms with Crippen molar-refractivity contribution >= 4 is 18.1 Å². The van der Waals surface area contributed by atoms with Crippen molar-refractivity contribution in [2.45, 2.75) is 19.8 Å². The van der Waals surface area contributed by atoms with Crippen LogP contribution in [0.5, 0.6) is 0 Å². The van der Waals surface area contributed by atoms with Gasteiger partial charge >= 0.3 is 0 Å². The molecule has 2 saturated heterocycles. The van der Waals surface area contributed by atoms with Gasteiger partial charge in [0.2, 0.25) is 0 Å². The molecule has 0 aliphatic carbocycles. The second kappa shape index (κ2) is 7.97. The molecule has 1 N–H and O–H groups in total. The number of nitrogens with zero attached hydrogens (tertiary/aromatic N) is 3. The van der Waals surface area contributed by atoms with Crippen molar-refractivity contribution < 1.29 is 0 Å². The van der Waals surface area contributed by atoms with Crippen LogP contribution in [0, 0.1) is 12.8 Å². The van der Waals surface area contributed by atoms with Crippen LogP contribution in [0.4, 0.5) is 5.69 Å². The molecule has 0 atom stereocenters. The molecule has 118 valence electrons. The van der Waals surface area contributed by atoms with E-state index < -0.39 is 0 Å². The lowest BCUT2D eigenvalue weighted by Crippen LogP contribution is -2.48. The predicted octanol–water partition coefficient (Wildman–Crippen LogP) is 1.93. The van der Waals surface area contributed by atoms with Gasteiger partial charge in [0.25, 0.3) is 0 Å². The second-order valence-electron chi connectivity index (χ2n) is 6.14. The average Bonchev–Trinajstić information content (AvgIpc) is 2.50. The van der Waals surface area contributed by atoms with Gasteiger partial charge in [0.05, 0.1) is 11.9 Å². The van der Waals surface area contributed by atoms with E-state index in [0.29, 0.717) is 0 Å². The van der Waals surface area contributed by atoms with Crippen molar-refractivity contribution in [1.82, 2.24) is 15.2 Å². The Morgan fingerprint density at radius 3 is 2.57 bits per heavy atom. The van der Waals surface area contributed by atoms with Gasteiger partial charge < -0.3 is 10.2 Å². The van der Waals surface area contributed by atoms with E-state index in [1.807, 2.05) is 12.4 Å². The largest absolute Gasteiger partial charge is 0.368 e. The third-order valence-corrected chi connectivity index (χ3v) is 4.70. The second-order valence-corrected chi connectivity index (χ2v) is 6.14. The molecular weight excluding hydrogens is 284 g/mol. The van der Waals surface area contributed by atoms with Crippen molar-refractivity contribution in [3.8, 4) is 0 Å². The van der Waals surface area contributed by atoms with Crippen LogP contribution in [0.2, 0.25) is 0 Å². The lowest BCUT2D eigenvalue weighted by atomic mass is 9.97. The fourth-order valence-corrected chi connectivity index (χ4v) is 3.39. The molecule has 0 unspecified atom stereocenters. The molecule has 1 aromatic rings. The van der Waals surface area contributed by atoms with Gasteiger partial charge in [-0.25, -0.2) is 0 Å². The van der Waals surface area contributed by atoms with Gasteiger partial charge in [-0.15, -0.1) is 12.4 Å². The smallest absolute Gasteiger partial charge is 0.0583 e. The number of anilines is 1. The maximum Gasteiger partial charge on any atom is 0.0583 e. The zero-order chi connectivity index (χ0) is 13.8. The molecule has 4 nitrogen and oxygen atoms in total. The number of halogens is 1. The number of hydrogen-bond donors (Lipinski definition) is 1. The van der Waals surface area contributed by atoms with E-state index in [0.717, 1.165) is 19.0 Å². The number of piperidine rings is 1. The summed E-state index contributed by atoms with van der Waals surface area (Å²) in [7, 11) is 0. The van der Waals surface area contributed by atoms with E-state index in [1.54, 1.807) is 0 Å². The van der Waals surface area contributed by atoms with Gasteiger partial charge in [0, 0.05) is 38.9 Å². The molecule has 0 radical (unpaired) electrons. The molecule has 0 saturated carbocycles. The minimum Gasteiger partial charge on any atom is -0.368 e. The molecule has 0 amide bonds. The van der Waals surface area contributed by atoms with Crippen LogP contribution in [0.15, 0.2) is 18.5 Å². The highest BCUT2D eigenvalue weighted by Gasteiger charge is 2.22. The maximum atomic E-state index is 4.27. The first-order valence-electron chi connectivity index (χ1n) is 7.91. The fourth-order valence-electron chi connectivity index (χ4n) is 3.39. The molecule has 2 fully saturated rings. The zero-order valence-electron chi connectivity index (χ0n) is 12.9. The van der Waals surface area contributed by atoms with E-state index in [1.165, 1.54) is 56.8 Å². The summed E-state index contributed by atoms with van der Waals surface area (Å²) in [6.07, 6.45) is 6.59. The Hall–Kier alpha value is -0.840. The third-order valence-electron chi connectivity index (χ3n) is 4.70. The molecule has 3 heterocycles. The number of aromatic nitrogens is 1. The van der Waals surface area contributed by atoms with Crippen molar-refractivity contribution in [2.24, 2.45) is 5.92 Å². The average molecular weight is 311 g/mol. The minimum absolute atomic E-state index is 0. The number of piperazine rings is 1. The Kier molecular flexibility index (Phi) is 6.27. The Balaban J connectivity index is 0.00000161. The summed E-state index contributed by atoms with van der Waals surface area (Å²) in [6.45, 7) is 10.5. The van der Waals surface area contributed by atoms with Gasteiger partial charge in [-0.3, -0.25) is 9.88 Å². The standard InChI is InChI=1S/C16H26N4.ClH/c1-14-2-5-18-12-16(14)20-10-8-19(9-11-20)13-15-3-6-17-7-4-15;/h2,5,12,15,17H,3-4,6-11,13H2,1H3;1H. The molecule has 0 aromatic carbocycles. The van der Waals surface area contributed by atoms with E-state index >= 15 is 0 Å². The predicted molar refractivity (Wildman–Crippen MR) is 90.5 cm³/mol. The first kappa shape index (κ1) is 16.5. The lowest BCUT2D eigenvalue weighted by molar-refractivity contribution is 0.196. The van der Waals surface area contributed by atoms with Crippen molar-refractivity contribution in [2.75, 3.05) is 50.7 Å². The third kappa shape index (κ3) is 4.31. The summed E-state index contributed by atoms with van der Waals surface area (Å²) in [6, 6.07) is 2.11. The first-order valence-corrected chi connectivity index (χ1v) is 7.91. The minimum atomic E-state index is 0. The number of rotatable bonds is 3. The first-order chi connectivity index (χ1) is 9.83. The highest BCUT2D eigenvalue weighted by Crippen LogP contribution is 2.21. The molecule has 0 spiro atoms. The quantitative estimate of drug-likeness (QED) is 0.924. The van der Waals surface area contributed by atoms with Crippen LogP contribution in [0.1, 0.15) is 18.4 Å². The van der Waals surface area contributed by atoms with Crippen molar-refractivity contribution in [1.29, 1.82) is 0 Å². The summed E-state index contributed by atoms with van der Waals surface area (Å²) in [5, 5.41) is 3.45. The Labute approximate surface area is 134 Å². The van der Waals surface area contributed by atoms with Crippen molar-refractivity contribution in [3.05, 3.63) is 24.0 Å². The Morgan fingerprint density at radius 1 is 1.19 bits per heavy atom. The van der Waals surface area contributed by atoms with E-state index in [2.05, 4.69) is 33.1 Å². The fraction of sp³-hybridized carbons (Fsp3) is 0.688. The summed E-state index contributed by atoms with van der Waals surface area (Å²) in [4.78, 5) is 9.41. The molecule has 5 heteroatoms. The molecule has 2 aliphatic rings. The molecule has 1 aromatic heterocycles. The van der Waals surface area contributed by atoms with Gasteiger partial charge in [-0.05, 0) is 50.4 Å². The molecule has 0 bridgehead atoms. The van der Waals surface area contributed by atoms with Crippen LogP contribution in [0.3, 0.4) is 0 Å². The highest BCUT2D eigenvalue weighted by atomic mass is 35.5. The van der Waals surface area contributed by atoms with Crippen LogP contribution in [-0.4, -0.2) is 55.7 Å². The van der Waals surface area contributed by atoms with Gasteiger partial charge in [0.15, 0.2) is 0 Å². The molecule has 21 heavy (non-hydrogen) atoms. The Morgan fingerprint density at radius 2 is 1.90 bits per heavy atom. The van der Waals surface area contributed by atoms with Crippen LogP contribution >= 0.6 is 12.4 Å². The maximum absolute atomic E-state index is 4.27. The summed E-state index contributed by atoms with van der Waals surface area (Å²) < 4.78 is 0. The van der Waals surface area contributed by atoms with Crippen LogP contribution in [-0.2, 0) is 0 Å². The van der Waals surface area contributed by atoms with E-state index in [4.69, 9.17) is 0 Å². The monoisotopic (exact) mass is 310 g/mol. The summed E-state index contributed by atoms with van der Waals surface area (Å²) in [5.41, 5.74) is 2.65. The SMILES string of the molecule is Cc1ccncc1N1CCN(CC2CCNCC2)CC1.Cl. The zero-order valence-corrected chi connectivity index (χ0v) is 13.7. The van der Waals surface area contributed by atoms with Crippen LogP contribution < -0.4 is 10.2 Å². The van der Waals surface area contributed by atoms with Gasteiger partial charge in [0.1, 0.15) is 0 Å². The van der Waals surface area contributed by atoms with Gasteiger partial charge in [-0.1, -0.05) is 0 Å². The van der Waals surface area contributed by atoms with E-state index in [-0.39, 0.29) is 12.4 Å². The number of pyridine rings is 1. The number of aryl methyl sites for hydroxylation is 1. The molecule has 2 aliphatic heterocycles. The van der Waals surface area contributed by atoms with Crippen molar-refractivity contribution in [3.63, 3.8) is 0 Å².